The molecule has 0 bridgehead atoms. The number of hydrogen-bond acceptors (Lipinski definition) is 5. The highest BCUT2D eigenvalue weighted by molar-refractivity contribution is 8.76. The van der Waals surface area contributed by atoms with Crippen molar-refractivity contribution in [2.45, 2.75) is 12.3 Å². The molecular weight excluding hydrogens is 256 g/mol. The summed E-state index contributed by atoms with van der Waals surface area (Å²) in [5, 5.41) is 19.5. The van der Waals surface area contributed by atoms with Gasteiger partial charge in [0.2, 0.25) is 0 Å². The topological polar surface area (TPSA) is 66.9 Å². The molecule has 1 aromatic carbocycles. The Kier molecular flexibility index (Phi) is 5.87. The smallest absolute Gasteiger partial charge is 0.258 e. The van der Waals surface area contributed by atoms with Gasteiger partial charge >= 0.3 is 0 Å². The van der Waals surface area contributed by atoms with Gasteiger partial charge in [-0.25, -0.2) is 0 Å². The van der Waals surface area contributed by atoms with E-state index in [0.717, 1.165) is 11.3 Å². The van der Waals surface area contributed by atoms with Crippen LogP contribution in [0.2, 0.25) is 0 Å². The molecule has 1 unspecified atom stereocenters. The predicted molar refractivity (Wildman–Crippen MR) is 72.0 cm³/mol. The molecular formula is C11H12N2O2S2. The second-order valence-electron chi connectivity index (χ2n) is 3.36. The molecule has 0 spiro atoms. The molecule has 0 aliphatic carbocycles. The second-order valence-corrected chi connectivity index (χ2v) is 5.97. The van der Waals surface area contributed by atoms with Crippen LogP contribution < -0.4 is 0 Å². The van der Waals surface area contributed by atoms with E-state index >= 15 is 0 Å². The second kappa shape index (κ2) is 7.20. The quantitative estimate of drug-likeness (QED) is 0.448. The van der Waals surface area contributed by atoms with Crippen LogP contribution >= 0.6 is 21.6 Å². The summed E-state index contributed by atoms with van der Waals surface area (Å²) in [5.74, 6) is 0.841. The molecule has 4 nitrogen and oxygen atoms in total. The van der Waals surface area contributed by atoms with Crippen molar-refractivity contribution in [3.63, 3.8) is 0 Å². The number of nitro benzene ring substituents is 1. The fourth-order valence-corrected chi connectivity index (χ4v) is 2.94. The van der Waals surface area contributed by atoms with Gasteiger partial charge in [-0.15, -0.1) is 0 Å². The zero-order valence-corrected chi connectivity index (χ0v) is 11.0. The van der Waals surface area contributed by atoms with Crippen LogP contribution in [0.15, 0.2) is 24.3 Å². The van der Waals surface area contributed by atoms with Crippen LogP contribution in [0, 0.1) is 21.4 Å². The number of benzene rings is 1. The standard InChI is InChI=1S/C11H12N2O2S2/c1-16-17-8-10(5-6-12)9-3-2-4-11(7-9)13(14)15/h2-4,7,10H,5,8H2,1H3. The molecule has 17 heavy (non-hydrogen) atoms. The SMILES string of the molecule is CSSCC(CC#N)c1cccc([N+](=O)[O-])c1. The molecule has 90 valence electrons. The molecule has 0 aliphatic heterocycles. The highest BCUT2D eigenvalue weighted by atomic mass is 33.1. The summed E-state index contributed by atoms with van der Waals surface area (Å²) in [6, 6.07) is 8.67. The molecule has 0 saturated heterocycles. The van der Waals surface area contributed by atoms with Crippen LogP contribution in [0.4, 0.5) is 5.69 Å². The third-order valence-electron chi connectivity index (χ3n) is 2.28. The summed E-state index contributed by atoms with van der Waals surface area (Å²) in [5.41, 5.74) is 0.946. The minimum Gasteiger partial charge on any atom is -0.258 e. The van der Waals surface area contributed by atoms with Crippen LogP contribution in [0.3, 0.4) is 0 Å². The van der Waals surface area contributed by atoms with Crippen LogP contribution in [0.25, 0.3) is 0 Å². The van der Waals surface area contributed by atoms with E-state index in [9.17, 15) is 10.1 Å². The first-order chi connectivity index (χ1) is 8.19. The monoisotopic (exact) mass is 268 g/mol. The first kappa shape index (κ1) is 13.9. The maximum Gasteiger partial charge on any atom is 0.269 e. The van der Waals surface area contributed by atoms with E-state index in [4.69, 9.17) is 5.26 Å². The Labute approximate surface area is 108 Å². The van der Waals surface area contributed by atoms with E-state index in [1.807, 2.05) is 12.3 Å². The Hall–Kier alpha value is -1.19. The summed E-state index contributed by atoms with van der Waals surface area (Å²) in [7, 11) is 3.30. The summed E-state index contributed by atoms with van der Waals surface area (Å²) < 4.78 is 0. The lowest BCUT2D eigenvalue weighted by atomic mass is 9.98. The van der Waals surface area contributed by atoms with Crippen molar-refractivity contribution in [2.75, 3.05) is 12.0 Å². The molecule has 0 amide bonds. The van der Waals surface area contributed by atoms with Crippen LogP contribution in [-0.2, 0) is 0 Å². The fourth-order valence-electron chi connectivity index (χ4n) is 1.43. The molecule has 0 fully saturated rings. The summed E-state index contributed by atoms with van der Waals surface area (Å²) in [6.07, 6.45) is 2.36. The van der Waals surface area contributed by atoms with Gasteiger partial charge < -0.3 is 0 Å². The normalized spacial score (nSPS) is 11.8. The van der Waals surface area contributed by atoms with Gasteiger partial charge in [0.15, 0.2) is 0 Å². The van der Waals surface area contributed by atoms with Crippen molar-refractivity contribution in [2.24, 2.45) is 0 Å². The fraction of sp³-hybridized carbons (Fsp3) is 0.364. The maximum atomic E-state index is 10.7. The van der Waals surface area contributed by atoms with Crippen molar-refractivity contribution in [1.29, 1.82) is 5.26 Å². The van der Waals surface area contributed by atoms with E-state index in [0.29, 0.717) is 6.42 Å². The van der Waals surface area contributed by atoms with Gasteiger partial charge in [-0.2, -0.15) is 5.26 Å². The number of nitriles is 1. The average molecular weight is 268 g/mol. The first-order valence-electron chi connectivity index (χ1n) is 4.96. The van der Waals surface area contributed by atoms with Gasteiger partial charge in [0.1, 0.15) is 0 Å². The van der Waals surface area contributed by atoms with Gasteiger partial charge in [-0.05, 0) is 11.8 Å². The first-order valence-corrected chi connectivity index (χ1v) is 7.68. The molecule has 0 radical (unpaired) electrons. The zero-order valence-electron chi connectivity index (χ0n) is 9.33. The number of nitrogens with zero attached hydrogens (tertiary/aromatic N) is 2. The Morgan fingerprint density at radius 2 is 2.35 bits per heavy atom. The largest absolute Gasteiger partial charge is 0.269 e. The molecule has 1 rings (SSSR count). The minimum absolute atomic E-state index is 0.0531. The van der Waals surface area contributed by atoms with Crippen LogP contribution in [0.5, 0.6) is 0 Å². The van der Waals surface area contributed by atoms with Gasteiger partial charge in [0, 0.05) is 30.2 Å². The molecule has 0 aromatic heterocycles. The maximum absolute atomic E-state index is 10.7. The Morgan fingerprint density at radius 3 is 2.94 bits per heavy atom. The molecule has 6 heteroatoms. The lowest BCUT2D eigenvalue weighted by Gasteiger charge is -2.12. The molecule has 1 aromatic rings. The van der Waals surface area contributed by atoms with Crippen molar-refractivity contribution < 1.29 is 4.92 Å². The van der Waals surface area contributed by atoms with E-state index < -0.39 is 4.92 Å². The van der Waals surface area contributed by atoms with Gasteiger partial charge in [-0.3, -0.25) is 10.1 Å². The Bertz CT molecular complexity index is 432. The van der Waals surface area contributed by atoms with Crippen LogP contribution in [0.1, 0.15) is 17.9 Å². The van der Waals surface area contributed by atoms with Gasteiger partial charge in [0.25, 0.3) is 5.69 Å². The highest BCUT2D eigenvalue weighted by Gasteiger charge is 2.14. The molecule has 1 atom stereocenters. The number of nitro groups is 1. The van der Waals surface area contributed by atoms with E-state index in [-0.39, 0.29) is 11.6 Å². The Balaban J connectivity index is 2.89. The summed E-state index contributed by atoms with van der Waals surface area (Å²) >= 11 is 0. The van der Waals surface area contributed by atoms with Gasteiger partial charge in [-0.1, -0.05) is 33.7 Å². The van der Waals surface area contributed by atoms with Crippen molar-refractivity contribution in [1.82, 2.24) is 0 Å². The molecule has 0 aliphatic rings. The number of hydrogen-bond donors (Lipinski definition) is 0. The summed E-state index contributed by atoms with van der Waals surface area (Å²) in [6.45, 7) is 0. The van der Waals surface area contributed by atoms with Crippen molar-refractivity contribution >= 4 is 27.3 Å². The molecule has 0 saturated carbocycles. The minimum atomic E-state index is -0.408. The van der Waals surface area contributed by atoms with E-state index in [2.05, 4.69) is 6.07 Å². The van der Waals surface area contributed by atoms with Crippen molar-refractivity contribution in [3.8, 4) is 6.07 Å². The zero-order chi connectivity index (χ0) is 12.7. The van der Waals surface area contributed by atoms with Crippen LogP contribution in [-0.4, -0.2) is 16.9 Å². The van der Waals surface area contributed by atoms with E-state index in [1.54, 1.807) is 33.7 Å². The molecule has 0 N–H and O–H groups in total. The Morgan fingerprint density at radius 1 is 1.59 bits per heavy atom. The average Bonchev–Trinajstić information content (AvgIpc) is 2.34. The number of non-ortho nitro benzene ring substituents is 1. The third kappa shape index (κ3) is 4.29. The third-order valence-corrected chi connectivity index (χ3v) is 4.17. The lowest BCUT2D eigenvalue weighted by molar-refractivity contribution is -0.384. The van der Waals surface area contributed by atoms with Crippen molar-refractivity contribution in [3.05, 3.63) is 39.9 Å². The molecule has 0 heterocycles. The van der Waals surface area contributed by atoms with E-state index in [1.165, 1.54) is 6.07 Å². The predicted octanol–water partition coefficient (Wildman–Crippen LogP) is 3.60. The van der Waals surface area contributed by atoms with Gasteiger partial charge in [0.05, 0.1) is 11.0 Å². The highest BCUT2D eigenvalue weighted by Crippen LogP contribution is 2.30. The number of rotatable bonds is 6. The lowest BCUT2D eigenvalue weighted by Crippen LogP contribution is -2.01. The summed E-state index contributed by atoms with van der Waals surface area (Å²) in [4.78, 5) is 10.3.